The monoisotopic (exact) mass is 507 g/mol. The fraction of sp³-hybridized carbons (Fsp3) is 0.500. The molecule has 2 aromatic carbocycles. The predicted molar refractivity (Wildman–Crippen MR) is 151 cm³/mol. The van der Waals surface area contributed by atoms with E-state index in [1.807, 2.05) is 13.1 Å². The number of nitrogens with zero attached hydrogens (tertiary/aromatic N) is 3. The van der Waals surface area contributed by atoms with Crippen molar-refractivity contribution in [3.63, 3.8) is 0 Å². The van der Waals surface area contributed by atoms with Crippen molar-refractivity contribution in [1.82, 2.24) is 0 Å². The van der Waals surface area contributed by atoms with Crippen LogP contribution in [0.15, 0.2) is 77.4 Å². The van der Waals surface area contributed by atoms with E-state index in [2.05, 4.69) is 111 Å². The maximum Gasteiger partial charge on any atom is 0.261 e. The van der Waals surface area contributed by atoms with E-state index >= 15 is 0 Å². The van der Waals surface area contributed by atoms with Crippen LogP contribution in [0.4, 0.5) is 0 Å². The van der Waals surface area contributed by atoms with Gasteiger partial charge in [0, 0.05) is 4.91 Å². The van der Waals surface area contributed by atoms with E-state index in [0.717, 1.165) is 12.8 Å². The molecule has 1 aliphatic carbocycles. The molecule has 3 rings (SSSR count). The summed E-state index contributed by atoms with van der Waals surface area (Å²) in [4.78, 5) is 14.0. The maximum absolute atomic E-state index is 10.8. The van der Waals surface area contributed by atoms with Gasteiger partial charge in [-0.25, -0.2) is 0 Å². The minimum absolute atomic E-state index is 0.0903. The lowest BCUT2D eigenvalue weighted by molar-refractivity contribution is 0.316. The van der Waals surface area contributed by atoms with Crippen LogP contribution in [0.5, 0.6) is 0 Å². The molecule has 0 aromatic heterocycles. The normalized spacial score (nSPS) is 19.3. The molecule has 5 nitrogen and oxygen atoms in total. The van der Waals surface area contributed by atoms with E-state index in [-0.39, 0.29) is 22.0 Å². The highest BCUT2D eigenvalue weighted by atomic mass is 28.4. The van der Waals surface area contributed by atoms with Crippen molar-refractivity contribution in [1.29, 1.82) is 0 Å². The smallest absolute Gasteiger partial charge is 0.261 e. The highest BCUT2D eigenvalue weighted by molar-refractivity contribution is 6.99. The second-order valence-corrected chi connectivity index (χ2v) is 20.9. The van der Waals surface area contributed by atoms with Crippen molar-refractivity contribution in [2.75, 3.05) is 6.61 Å². The van der Waals surface area contributed by atoms with Crippen molar-refractivity contribution < 1.29 is 9.22 Å². The number of hydrogen-bond acceptors (Lipinski definition) is 3. The van der Waals surface area contributed by atoms with Gasteiger partial charge in [-0.2, -0.15) is 0 Å². The number of rotatable bonds is 9. The van der Waals surface area contributed by atoms with E-state index in [1.165, 1.54) is 15.9 Å². The standard InChI is InChI=1S/C28H41N3O2Si2/c1-27(2,3)35(24-14-10-8-11-15-24,25-16-12-9-13-17-25)33-21-22-18-23(26(19-22)30-31-29)20-28(4,5)34(6,7)32/h8-17,19,23,26,32H,18,20-21H2,1-7H3/t23-,26-/m1/s1. The van der Waals surface area contributed by atoms with Crippen LogP contribution in [0.1, 0.15) is 47.5 Å². The largest absolute Gasteiger partial charge is 0.432 e. The van der Waals surface area contributed by atoms with Crippen molar-refractivity contribution in [3.8, 4) is 0 Å². The van der Waals surface area contributed by atoms with Crippen LogP contribution in [0, 0.1) is 5.92 Å². The summed E-state index contributed by atoms with van der Waals surface area (Å²) in [5.41, 5.74) is 10.4. The van der Waals surface area contributed by atoms with Gasteiger partial charge in [0.25, 0.3) is 8.32 Å². The molecule has 2 aromatic rings. The average Bonchev–Trinajstić information content (AvgIpc) is 3.15. The highest BCUT2D eigenvalue weighted by Crippen LogP contribution is 2.46. The molecule has 0 saturated carbocycles. The zero-order chi connectivity index (χ0) is 25.9. The van der Waals surface area contributed by atoms with Gasteiger partial charge in [-0.3, -0.25) is 0 Å². The Bertz CT molecular complexity index is 1030. The lowest BCUT2D eigenvalue weighted by atomic mass is 9.91. The SMILES string of the molecule is CC(C)(C[C@H]1CC(CO[Si](c2ccccc2)(c2ccccc2)C(C)(C)C)=C[C@H]1N=[N+]=[N-])[Si](C)(C)O. The van der Waals surface area contributed by atoms with E-state index in [1.54, 1.807) is 0 Å². The minimum atomic E-state index is -2.63. The molecule has 0 heterocycles. The molecular formula is C28H41N3O2Si2. The van der Waals surface area contributed by atoms with Crippen LogP contribution in [0.3, 0.4) is 0 Å². The van der Waals surface area contributed by atoms with Crippen molar-refractivity contribution in [2.24, 2.45) is 11.0 Å². The zero-order valence-electron chi connectivity index (χ0n) is 22.3. The van der Waals surface area contributed by atoms with Gasteiger partial charge >= 0.3 is 0 Å². The molecule has 0 aliphatic heterocycles. The van der Waals surface area contributed by atoms with Gasteiger partial charge in [-0.05, 0) is 63.4 Å². The van der Waals surface area contributed by atoms with Gasteiger partial charge in [0.2, 0.25) is 0 Å². The fourth-order valence-corrected chi connectivity index (χ4v) is 10.6. The lowest BCUT2D eigenvalue weighted by Gasteiger charge is -2.43. The maximum atomic E-state index is 10.8. The first-order valence-corrected chi connectivity index (χ1v) is 17.4. The number of hydrogen-bond donors (Lipinski definition) is 1. The number of azide groups is 1. The summed E-state index contributed by atoms with van der Waals surface area (Å²) in [7, 11) is -5.00. The molecule has 35 heavy (non-hydrogen) atoms. The second kappa shape index (κ2) is 10.4. The third-order valence-electron chi connectivity index (χ3n) is 7.92. The van der Waals surface area contributed by atoms with E-state index < -0.39 is 16.6 Å². The summed E-state index contributed by atoms with van der Waals surface area (Å²) in [6.45, 7) is 15.6. The van der Waals surface area contributed by atoms with Crippen LogP contribution in [0.25, 0.3) is 10.4 Å². The van der Waals surface area contributed by atoms with Gasteiger partial charge in [0.15, 0.2) is 8.32 Å². The van der Waals surface area contributed by atoms with Gasteiger partial charge in [-0.1, -0.05) is 106 Å². The summed E-state index contributed by atoms with van der Waals surface area (Å²) < 4.78 is 7.12. The molecule has 0 radical (unpaired) electrons. The fourth-order valence-electron chi connectivity index (χ4n) is 5.26. The molecule has 7 heteroatoms. The third-order valence-corrected chi connectivity index (χ3v) is 16.4. The first-order chi connectivity index (χ1) is 16.3. The molecule has 0 spiro atoms. The van der Waals surface area contributed by atoms with E-state index in [9.17, 15) is 10.3 Å². The average molecular weight is 508 g/mol. The van der Waals surface area contributed by atoms with Crippen molar-refractivity contribution in [2.45, 2.75) is 76.7 Å². The molecule has 188 valence electrons. The summed E-state index contributed by atoms with van der Waals surface area (Å²) >= 11 is 0. The first kappa shape index (κ1) is 27.4. The van der Waals surface area contributed by atoms with Crippen LogP contribution in [-0.2, 0) is 4.43 Å². The Morgan fingerprint density at radius 1 is 0.971 bits per heavy atom. The Morgan fingerprint density at radius 2 is 1.49 bits per heavy atom. The number of benzene rings is 2. The summed E-state index contributed by atoms with van der Waals surface area (Å²) in [5.74, 6) is 0.178. The second-order valence-electron chi connectivity index (χ2n) is 12.1. The molecule has 0 fully saturated rings. The Kier molecular flexibility index (Phi) is 8.19. The van der Waals surface area contributed by atoms with Crippen molar-refractivity contribution >= 4 is 27.0 Å². The van der Waals surface area contributed by atoms with Crippen LogP contribution >= 0.6 is 0 Å². The minimum Gasteiger partial charge on any atom is -0.432 e. The molecular weight excluding hydrogens is 466 g/mol. The highest BCUT2D eigenvalue weighted by Gasteiger charge is 2.50. The molecule has 0 amide bonds. The lowest BCUT2D eigenvalue weighted by Crippen LogP contribution is -2.66. The summed E-state index contributed by atoms with van der Waals surface area (Å²) in [5, 5.41) is 6.37. The zero-order valence-corrected chi connectivity index (χ0v) is 24.3. The summed E-state index contributed by atoms with van der Waals surface area (Å²) in [6, 6.07) is 21.1. The molecule has 0 bridgehead atoms. The quantitative estimate of drug-likeness (QED) is 0.137. The summed E-state index contributed by atoms with van der Waals surface area (Å²) in [6.07, 6.45) is 3.77. The van der Waals surface area contributed by atoms with Crippen LogP contribution < -0.4 is 10.4 Å². The molecule has 1 aliphatic rings. The van der Waals surface area contributed by atoms with Gasteiger partial charge in [0.05, 0.1) is 12.6 Å². The molecule has 1 N–H and O–H groups in total. The topological polar surface area (TPSA) is 78.2 Å². The van der Waals surface area contributed by atoms with Gasteiger partial charge < -0.3 is 9.22 Å². The van der Waals surface area contributed by atoms with Crippen LogP contribution in [-0.4, -0.2) is 34.1 Å². The van der Waals surface area contributed by atoms with Gasteiger partial charge in [0.1, 0.15) is 0 Å². The Balaban J connectivity index is 1.94. The van der Waals surface area contributed by atoms with Crippen molar-refractivity contribution in [3.05, 3.63) is 82.8 Å². The molecule has 0 unspecified atom stereocenters. The molecule has 0 saturated heterocycles. The predicted octanol–water partition coefficient (Wildman–Crippen LogP) is 6.56. The Hall–Kier alpha value is -2.16. The first-order valence-electron chi connectivity index (χ1n) is 12.5. The molecule has 2 atom stereocenters. The third kappa shape index (κ3) is 5.81. The Labute approximate surface area is 213 Å². The Morgan fingerprint density at radius 3 is 1.91 bits per heavy atom. The van der Waals surface area contributed by atoms with E-state index in [0.29, 0.717) is 6.61 Å². The van der Waals surface area contributed by atoms with Crippen LogP contribution in [0.2, 0.25) is 23.2 Å². The van der Waals surface area contributed by atoms with E-state index in [4.69, 9.17) is 4.43 Å². The van der Waals surface area contributed by atoms with Gasteiger partial charge in [-0.15, -0.1) is 0 Å².